The molecule has 3 heterocycles. The second-order valence-electron chi connectivity index (χ2n) is 8.07. The lowest BCUT2D eigenvalue weighted by Gasteiger charge is -2.26. The van der Waals surface area contributed by atoms with E-state index < -0.39 is 0 Å². The largest absolute Gasteiger partial charge is 0.494 e. The van der Waals surface area contributed by atoms with E-state index in [-0.39, 0.29) is 5.78 Å². The summed E-state index contributed by atoms with van der Waals surface area (Å²) in [5.41, 5.74) is 3.55. The molecular weight excluding hydrogens is 444 g/mol. The van der Waals surface area contributed by atoms with Crippen LogP contribution in [-0.2, 0) is 7.05 Å². The van der Waals surface area contributed by atoms with Gasteiger partial charge in [0.1, 0.15) is 12.1 Å². The first-order valence-corrected chi connectivity index (χ1v) is 11.2. The minimum absolute atomic E-state index is 0.00908. The summed E-state index contributed by atoms with van der Waals surface area (Å²) >= 11 is 0. The molecule has 0 saturated heterocycles. The highest BCUT2D eigenvalue weighted by atomic mass is 16.5. The summed E-state index contributed by atoms with van der Waals surface area (Å²) in [6, 6.07) is 7.62. The maximum Gasteiger partial charge on any atom is 0.184 e. The minimum atomic E-state index is -0.00908. The lowest BCUT2D eigenvalue weighted by atomic mass is 10.1. The number of carbonyl (C=O) groups excluding carboxylic acids is 1. The summed E-state index contributed by atoms with van der Waals surface area (Å²) in [6.07, 6.45) is 7.01. The van der Waals surface area contributed by atoms with Gasteiger partial charge in [0.15, 0.2) is 23.2 Å². The zero-order valence-corrected chi connectivity index (χ0v) is 20.7. The quantitative estimate of drug-likeness (QED) is 0.351. The molecular formula is C25H28N8O2. The van der Waals surface area contributed by atoms with Crippen molar-refractivity contribution in [1.82, 2.24) is 29.7 Å². The van der Waals surface area contributed by atoms with Crippen molar-refractivity contribution in [2.24, 2.45) is 7.05 Å². The van der Waals surface area contributed by atoms with Crippen LogP contribution in [0.4, 0.5) is 23.0 Å². The molecule has 4 rings (SSSR count). The molecule has 10 nitrogen and oxygen atoms in total. The van der Waals surface area contributed by atoms with Crippen LogP contribution in [0.1, 0.15) is 29.4 Å². The number of para-hydroxylation sites is 1. The van der Waals surface area contributed by atoms with Crippen molar-refractivity contribution in [3.63, 3.8) is 0 Å². The topological polar surface area (TPSA) is 102 Å². The van der Waals surface area contributed by atoms with Gasteiger partial charge in [-0.25, -0.2) is 15.0 Å². The average molecular weight is 473 g/mol. The monoisotopic (exact) mass is 472 g/mol. The molecule has 4 aromatic rings. The molecule has 0 aliphatic heterocycles. The number of hydrogen-bond donors (Lipinski definition) is 0. The molecule has 10 heteroatoms. The summed E-state index contributed by atoms with van der Waals surface area (Å²) in [7, 11) is 7.18. The number of nitrogens with zero attached hydrogens (tertiary/aromatic N) is 8. The van der Waals surface area contributed by atoms with Crippen LogP contribution in [0.2, 0.25) is 0 Å². The van der Waals surface area contributed by atoms with E-state index >= 15 is 0 Å². The summed E-state index contributed by atoms with van der Waals surface area (Å²) in [6.45, 7) is 3.72. The van der Waals surface area contributed by atoms with Crippen LogP contribution in [0.5, 0.6) is 5.75 Å². The normalized spacial score (nSPS) is 10.8. The number of anilines is 4. The molecule has 180 valence electrons. The van der Waals surface area contributed by atoms with E-state index in [2.05, 4.69) is 25.0 Å². The van der Waals surface area contributed by atoms with Crippen LogP contribution in [0, 0.1) is 6.92 Å². The molecule has 1 aromatic carbocycles. The summed E-state index contributed by atoms with van der Waals surface area (Å²) in [5.74, 6) is 2.42. The van der Waals surface area contributed by atoms with Crippen LogP contribution < -0.4 is 14.5 Å². The van der Waals surface area contributed by atoms with Gasteiger partial charge in [-0.3, -0.25) is 14.5 Å². The number of pyridine rings is 1. The number of ketones is 1. The van der Waals surface area contributed by atoms with Crippen molar-refractivity contribution < 1.29 is 9.53 Å². The van der Waals surface area contributed by atoms with Crippen molar-refractivity contribution >= 4 is 28.8 Å². The molecule has 0 aliphatic rings. The zero-order chi connectivity index (χ0) is 25.1. The number of ether oxygens (including phenoxy) is 1. The Morgan fingerprint density at radius 3 is 2.40 bits per heavy atom. The summed E-state index contributed by atoms with van der Waals surface area (Å²) < 4.78 is 7.45. The van der Waals surface area contributed by atoms with E-state index in [9.17, 15) is 4.79 Å². The van der Waals surface area contributed by atoms with Crippen molar-refractivity contribution in [2.75, 3.05) is 31.0 Å². The molecule has 0 saturated carbocycles. The van der Waals surface area contributed by atoms with Gasteiger partial charge in [-0.15, -0.1) is 0 Å². The maximum atomic E-state index is 12.8. The van der Waals surface area contributed by atoms with Crippen molar-refractivity contribution in [2.45, 2.75) is 20.3 Å². The van der Waals surface area contributed by atoms with Gasteiger partial charge in [-0.2, -0.15) is 5.10 Å². The third kappa shape index (κ3) is 4.68. The number of carbonyl (C=O) groups is 1. The Labute approximate surface area is 204 Å². The van der Waals surface area contributed by atoms with Crippen LogP contribution in [0.25, 0.3) is 11.4 Å². The van der Waals surface area contributed by atoms with Crippen LogP contribution in [0.15, 0.2) is 49.2 Å². The first-order valence-electron chi connectivity index (χ1n) is 11.2. The predicted molar refractivity (Wildman–Crippen MR) is 135 cm³/mol. The third-order valence-corrected chi connectivity index (χ3v) is 5.71. The molecule has 3 aromatic heterocycles. The van der Waals surface area contributed by atoms with Gasteiger partial charge >= 0.3 is 0 Å². The number of hydrogen-bond acceptors (Lipinski definition) is 9. The lowest BCUT2D eigenvalue weighted by molar-refractivity contribution is 0.0988. The first kappa shape index (κ1) is 23.8. The van der Waals surface area contributed by atoms with E-state index in [1.54, 1.807) is 36.7 Å². The smallest absolute Gasteiger partial charge is 0.184 e. The number of aromatic nitrogens is 6. The Morgan fingerprint density at radius 1 is 1.00 bits per heavy atom. The summed E-state index contributed by atoms with van der Waals surface area (Å²) in [4.78, 5) is 34.3. The van der Waals surface area contributed by atoms with Crippen molar-refractivity contribution in [3.05, 3.63) is 60.4 Å². The standard InChI is InChI=1S/C25H28N8O2/c1-7-21(34)18-13-28-22(33(5)23-14-26-16(2)12-27-23)11-20(18)32(4)19-10-8-9-17(24(19)35-6)25-29-15-31(3)30-25/h8-15H,7H2,1-6H3. The average Bonchev–Trinajstić information content (AvgIpc) is 3.32. The fourth-order valence-corrected chi connectivity index (χ4v) is 3.75. The van der Waals surface area contributed by atoms with Gasteiger partial charge in [-0.05, 0) is 19.1 Å². The Hall–Kier alpha value is -4.34. The number of benzene rings is 1. The number of rotatable bonds is 8. The van der Waals surface area contributed by atoms with Crippen LogP contribution in [0.3, 0.4) is 0 Å². The Balaban J connectivity index is 1.82. The van der Waals surface area contributed by atoms with Gasteiger partial charge in [0.05, 0.1) is 47.7 Å². The van der Waals surface area contributed by atoms with Crippen molar-refractivity contribution in [1.29, 1.82) is 0 Å². The lowest BCUT2D eigenvalue weighted by Crippen LogP contribution is -2.18. The van der Waals surface area contributed by atoms with E-state index in [0.717, 1.165) is 16.9 Å². The van der Waals surface area contributed by atoms with Gasteiger partial charge in [0.25, 0.3) is 0 Å². The van der Waals surface area contributed by atoms with Gasteiger partial charge in [0, 0.05) is 39.8 Å². The molecule has 0 N–H and O–H groups in total. The van der Waals surface area contributed by atoms with E-state index in [1.165, 1.54) is 0 Å². The number of Topliss-reactive ketones (excluding diaryl/α,β-unsaturated/α-hetero) is 1. The Bertz CT molecular complexity index is 1350. The molecule has 0 bridgehead atoms. The molecule has 0 amide bonds. The predicted octanol–water partition coefficient (Wildman–Crippen LogP) is 4.11. The van der Waals surface area contributed by atoms with Crippen LogP contribution >= 0.6 is 0 Å². The molecule has 0 atom stereocenters. The van der Waals surface area contributed by atoms with E-state index in [0.29, 0.717) is 40.9 Å². The highest BCUT2D eigenvalue weighted by molar-refractivity contribution is 6.02. The fraction of sp³-hybridized carbons (Fsp3) is 0.280. The highest BCUT2D eigenvalue weighted by Crippen LogP contribution is 2.41. The SMILES string of the molecule is CCC(=O)c1cnc(N(C)c2cnc(C)cn2)cc1N(C)c1cccc(-c2ncn(C)n2)c1OC. The molecule has 0 aliphatic carbocycles. The number of aryl methyl sites for hydroxylation is 2. The molecule has 0 fully saturated rings. The number of methoxy groups -OCH3 is 1. The molecule has 0 radical (unpaired) electrons. The fourth-order valence-electron chi connectivity index (χ4n) is 3.75. The third-order valence-electron chi connectivity index (χ3n) is 5.71. The second-order valence-corrected chi connectivity index (χ2v) is 8.07. The van der Waals surface area contributed by atoms with Gasteiger partial charge in [0.2, 0.25) is 0 Å². The van der Waals surface area contributed by atoms with Gasteiger partial charge in [-0.1, -0.05) is 13.0 Å². The minimum Gasteiger partial charge on any atom is -0.494 e. The maximum absolute atomic E-state index is 12.8. The van der Waals surface area contributed by atoms with Crippen LogP contribution in [-0.4, -0.2) is 56.7 Å². The van der Waals surface area contributed by atoms with Crippen molar-refractivity contribution in [3.8, 4) is 17.1 Å². The zero-order valence-electron chi connectivity index (χ0n) is 20.7. The molecule has 35 heavy (non-hydrogen) atoms. The second kappa shape index (κ2) is 9.88. The summed E-state index contributed by atoms with van der Waals surface area (Å²) in [5, 5.41) is 4.42. The van der Waals surface area contributed by atoms with E-state index in [1.807, 2.05) is 69.1 Å². The Morgan fingerprint density at radius 2 is 1.77 bits per heavy atom. The Kier molecular flexibility index (Phi) is 6.72. The van der Waals surface area contributed by atoms with E-state index in [4.69, 9.17) is 4.74 Å². The van der Waals surface area contributed by atoms with Gasteiger partial charge < -0.3 is 14.5 Å². The highest BCUT2D eigenvalue weighted by Gasteiger charge is 2.22. The first-order chi connectivity index (χ1) is 16.8. The molecule has 0 spiro atoms. The molecule has 0 unspecified atom stereocenters.